The van der Waals surface area contributed by atoms with E-state index in [1.807, 2.05) is 6.92 Å². The molecule has 1 atom stereocenters. The zero-order valence-corrected chi connectivity index (χ0v) is 7.61. The number of carbonyl (C=O) groups is 1. The van der Waals surface area contributed by atoms with Gasteiger partial charge in [-0.15, -0.1) is 0 Å². The molecule has 5 heteroatoms. The Morgan fingerprint density at radius 3 is 2.85 bits per heavy atom. The zero-order chi connectivity index (χ0) is 9.84. The van der Waals surface area contributed by atoms with E-state index >= 15 is 0 Å². The lowest BCUT2D eigenvalue weighted by Crippen LogP contribution is -2.32. The largest absolute Gasteiger partial charge is 0.320 e. The molecule has 0 radical (unpaired) electrons. The van der Waals surface area contributed by atoms with Crippen LogP contribution in [0.2, 0.25) is 0 Å². The van der Waals surface area contributed by atoms with Crippen molar-refractivity contribution in [2.45, 2.75) is 19.9 Å². The van der Waals surface area contributed by atoms with Gasteiger partial charge in [-0.3, -0.25) is 4.79 Å². The fourth-order valence-electron chi connectivity index (χ4n) is 0.763. The second kappa shape index (κ2) is 3.95. The fourth-order valence-corrected chi connectivity index (χ4v) is 0.763. The first kappa shape index (κ1) is 9.60. The fraction of sp³-hybridized carbons (Fsp3) is 0.375. The van der Waals surface area contributed by atoms with E-state index in [9.17, 15) is 4.79 Å². The molecule has 70 valence electrons. The van der Waals surface area contributed by atoms with Gasteiger partial charge in [0.25, 0.3) is 0 Å². The van der Waals surface area contributed by atoms with Crippen LogP contribution < -0.4 is 11.1 Å². The van der Waals surface area contributed by atoms with Gasteiger partial charge < -0.3 is 11.1 Å². The van der Waals surface area contributed by atoms with E-state index in [0.717, 1.165) is 5.69 Å². The van der Waals surface area contributed by atoms with Gasteiger partial charge in [-0.1, -0.05) is 0 Å². The Kier molecular flexibility index (Phi) is 2.92. The van der Waals surface area contributed by atoms with E-state index in [0.29, 0.717) is 5.82 Å². The highest BCUT2D eigenvalue weighted by Crippen LogP contribution is 2.02. The summed E-state index contributed by atoms with van der Waals surface area (Å²) in [4.78, 5) is 18.9. The standard InChI is InChI=1S/C8H12N4O/c1-5-3-7(11-4-10-5)12-8(13)6(2)9/h3-4,6H,9H2,1-2H3,(H,10,11,12,13)/t6-/m0/s1. The van der Waals surface area contributed by atoms with Crippen molar-refractivity contribution >= 4 is 11.7 Å². The maximum Gasteiger partial charge on any atom is 0.242 e. The van der Waals surface area contributed by atoms with Crippen molar-refractivity contribution in [2.24, 2.45) is 5.73 Å². The SMILES string of the molecule is Cc1cc(NC(=O)[C@H](C)N)ncn1. The summed E-state index contributed by atoms with van der Waals surface area (Å²) >= 11 is 0. The van der Waals surface area contributed by atoms with Crippen LogP contribution in [0.25, 0.3) is 0 Å². The second-order valence-corrected chi connectivity index (χ2v) is 2.82. The Morgan fingerprint density at radius 1 is 1.62 bits per heavy atom. The Hall–Kier alpha value is -1.49. The normalized spacial score (nSPS) is 12.2. The van der Waals surface area contributed by atoms with E-state index < -0.39 is 6.04 Å². The van der Waals surface area contributed by atoms with E-state index in [1.165, 1.54) is 6.33 Å². The van der Waals surface area contributed by atoms with Gasteiger partial charge in [0.05, 0.1) is 6.04 Å². The minimum Gasteiger partial charge on any atom is -0.320 e. The maximum atomic E-state index is 11.1. The Morgan fingerprint density at radius 2 is 2.31 bits per heavy atom. The number of rotatable bonds is 2. The smallest absolute Gasteiger partial charge is 0.242 e. The highest BCUT2D eigenvalue weighted by Gasteiger charge is 2.07. The van der Waals surface area contributed by atoms with Gasteiger partial charge in [0.1, 0.15) is 12.1 Å². The molecule has 0 bridgehead atoms. The first-order valence-electron chi connectivity index (χ1n) is 3.94. The molecular weight excluding hydrogens is 168 g/mol. The van der Waals surface area contributed by atoms with E-state index in [4.69, 9.17) is 5.73 Å². The van der Waals surface area contributed by atoms with Gasteiger partial charge in [-0.05, 0) is 13.8 Å². The van der Waals surface area contributed by atoms with Crippen LogP contribution in [0.1, 0.15) is 12.6 Å². The molecular formula is C8H12N4O. The molecule has 1 rings (SSSR count). The van der Waals surface area contributed by atoms with Crippen molar-refractivity contribution < 1.29 is 4.79 Å². The quantitative estimate of drug-likeness (QED) is 0.674. The lowest BCUT2D eigenvalue weighted by molar-refractivity contribution is -0.117. The number of nitrogens with zero attached hydrogens (tertiary/aromatic N) is 2. The van der Waals surface area contributed by atoms with Gasteiger partial charge in [0.2, 0.25) is 5.91 Å². The zero-order valence-electron chi connectivity index (χ0n) is 7.61. The van der Waals surface area contributed by atoms with Crippen LogP contribution in [0.4, 0.5) is 5.82 Å². The van der Waals surface area contributed by atoms with Crippen LogP contribution in [-0.4, -0.2) is 21.9 Å². The van der Waals surface area contributed by atoms with Crippen LogP contribution in [-0.2, 0) is 4.79 Å². The summed E-state index contributed by atoms with van der Waals surface area (Å²) in [5, 5.41) is 2.57. The van der Waals surface area contributed by atoms with Crippen LogP contribution in [0.3, 0.4) is 0 Å². The van der Waals surface area contributed by atoms with Crippen LogP contribution in [0.15, 0.2) is 12.4 Å². The van der Waals surface area contributed by atoms with E-state index in [2.05, 4.69) is 15.3 Å². The van der Waals surface area contributed by atoms with E-state index in [-0.39, 0.29) is 5.91 Å². The first-order chi connectivity index (χ1) is 6.09. The molecule has 1 aromatic rings. The summed E-state index contributed by atoms with van der Waals surface area (Å²) in [6.45, 7) is 3.44. The molecule has 0 aromatic carbocycles. The number of anilines is 1. The van der Waals surface area contributed by atoms with Crippen LogP contribution >= 0.6 is 0 Å². The molecule has 0 aliphatic heterocycles. The van der Waals surface area contributed by atoms with Crippen molar-refractivity contribution in [3.63, 3.8) is 0 Å². The van der Waals surface area contributed by atoms with Gasteiger partial charge in [-0.25, -0.2) is 9.97 Å². The summed E-state index contributed by atoms with van der Waals surface area (Å²) in [6, 6.07) is 1.15. The minimum atomic E-state index is -0.532. The Bertz CT molecular complexity index is 311. The third-order valence-corrected chi connectivity index (χ3v) is 1.47. The number of aromatic nitrogens is 2. The number of hydrogen-bond donors (Lipinski definition) is 2. The third kappa shape index (κ3) is 2.79. The van der Waals surface area contributed by atoms with Crippen LogP contribution in [0.5, 0.6) is 0 Å². The second-order valence-electron chi connectivity index (χ2n) is 2.82. The first-order valence-corrected chi connectivity index (χ1v) is 3.94. The molecule has 0 unspecified atom stereocenters. The highest BCUT2D eigenvalue weighted by molar-refractivity contribution is 5.93. The average molecular weight is 180 g/mol. The lowest BCUT2D eigenvalue weighted by atomic mass is 10.3. The monoisotopic (exact) mass is 180 g/mol. The number of hydrogen-bond acceptors (Lipinski definition) is 4. The van der Waals surface area contributed by atoms with Crippen molar-refractivity contribution in [2.75, 3.05) is 5.32 Å². The number of amides is 1. The summed E-state index contributed by atoms with van der Waals surface area (Å²) in [6.07, 6.45) is 1.39. The highest BCUT2D eigenvalue weighted by atomic mass is 16.2. The molecule has 3 N–H and O–H groups in total. The molecule has 13 heavy (non-hydrogen) atoms. The minimum absolute atomic E-state index is 0.252. The third-order valence-electron chi connectivity index (χ3n) is 1.47. The molecule has 1 heterocycles. The van der Waals surface area contributed by atoms with Gasteiger partial charge >= 0.3 is 0 Å². The number of carbonyl (C=O) groups excluding carboxylic acids is 1. The molecule has 1 amide bonds. The van der Waals surface area contributed by atoms with Crippen molar-refractivity contribution in [1.82, 2.24) is 9.97 Å². The lowest BCUT2D eigenvalue weighted by Gasteiger charge is -2.06. The van der Waals surface area contributed by atoms with E-state index in [1.54, 1.807) is 13.0 Å². The van der Waals surface area contributed by atoms with Crippen molar-refractivity contribution in [3.05, 3.63) is 18.1 Å². The molecule has 0 saturated heterocycles. The Labute approximate surface area is 76.4 Å². The van der Waals surface area contributed by atoms with Crippen molar-refractivity contribution in [3.8, 4) is 0 Å². The van der Waals surface area contributed by atoms with Gasteiger partial charge in [0.15, 0.2) is 0 Å². The van der Waals surface area contributed by atoms with Gasteiger partial charge in [-0.2, -0.15) is 0 Å². The summed E-state index contributed by atoms with van der Waals surface area (Å²) in [5.41, 5.74) is 6.17. The maximum absolute atomic E-state index is 11.1. The molecule has 0 spiro atoms. The predicted octanol–water partition coefficient (Wildman–Crippen LogP) is 0.0707. The predicted molar refractivity (Wildman–Crippen MR) is 49.0 cm³/mol. The summed E-state index contributed by atoms with van der Waals surface area (Å²) in [7, 11) is 0. The molecule has 5 nitrogen and oxygen atoms in total. The number of nitrogens with one attached hydrogen (secondary N) is 1. The average Bonchev–Trinajstić information content (AvgIpc) is 2.04. The summed E-state index contributed by atoms with van der Waals surface area (Å²) < 4.78 is 0. The number of nitrogens with two attached hydrogens (primary N) is 1. The summed E-state index contributed by atoms with van der Waals surface area (Å²) in [5.74, 6) is 0.230. The topological polar surface area (TPSA) is 80.9 Å². The number of aryl methyl sites for hydroxylation is 1. The Balaban J connectivity index is 2.69. The molecule has 1 aromatic heterocycles. The molecule has 0 fully saturated rings. The van der Waals surface area contributed by atoms with Gasteiger partial charge in [0, 0.05) is 11.8 Å². The van der Waals surface area contributed by atoms with Crippen LogP contribution in [0, 0.1) is 6.92 Å². The van der Waals surface area contributed by atoms with Crippen molar-refractivity contribution in [1.29, 1.82) is 0 Å². The molecule has 0 aliphatic carbocycles. The molecule has 0 aliphatic rings. The molecule has 0 saturated carbocycles.